The maximum Gasteiger partial charge on any atom is 0.323 e. The van der Waals surface area contributed by atoms with Gasteiger partial charge < -0.3 is 24.7 Å². The number of hydrogen-bond donors (Lipinski definition) is 2. The zero-order chi connectivity index (χ0) is 15.1. The summed E-state index contributed by atoms with van der Waals surface area (Å²) >= 11 is 3.91. The minimum Gasteiger partial charge on any atom is -0.462 e. The Labute approximate surface area is 126 Å². The standard InChI is InChI=1S/C13H27NO5S/c1-2-3-4-16-5-6-17-7-8-18-9-10-19-13(15)12(14)11-20/h12,20H,2-11,14H2,1H3/t12-/m1/s1. The third kappa shape index (κ3) is 12.7. The van der Waals surface area contributed by atoms with Crippen molar-refractivity contribution < 1.29 is 23.7 Å². The Morgan fingerprint density at radius 1 is 1.00 bits per heavy atom. The summed E-state index contributed by atoms with van der Waals surface area (Å²) in [7, 11) is 0. The van der Waals surface area contributed by atoms with Crippen LogP contribution in [0.1, 0.15) is 19.8 Å². The van der Waals surface area contributed by atoms with Gasteiger partial charge in [0.2, 0.25) is 0 Å². The van der Waals surface area contributed by atoms with E-state index in [0.717, 1.165) is 19.4 Å². The summed E-state index contributed by atoms with van der Waals surface area (Å²) in [6, 6.07) is -0.672. The first-order chi connectivity index (χ1) is 9.72. The van der Waals surface area contributed by atoms with Crippen LogP contribution in [0.5, 0.6) is 0 Å². The van der Waals surface area contributed by atoms with Gasteiger partial charge in [0.15, 0.2) is 0 Å². The van der Waals surface area contributed by atoms with E-state index in [4.69, 9.17) is 24.7 Å². The van der Waals surface area contributed by atoms with Crippen molar-refractivity contribution in [2.75, 3.05) is 52.0 Å². The van der Waals surface area contributed by atoms with Crippen LogP contribution in [0.4, 0.5) is 0 Å². The van der Waals surface area contributed by atoms with Crippen molar-refractivity contribution in [2.24, 2.45) is 5.73 Å². The molecule has 0 fully saturated rings. The first-order valence-electron chi connectivity index (χ1n) is 6.98. The quantitative estimate of drug-likeness (QED) is 0.278. The van der Waals surface area contributed by atoms with Crippen LogP contribution < -0.4 is 5.73 Å². The van der Waals surface area contributed by atoms with Gasteiger partial charge in [-0.05, 0) is 6.42 Å². The van der Waals surface area contributed by atoms with E-state index < -0.39 is 12.0 Å². The molecule has 120 valence electrons. The highest BCUT2D eigenvalue weighted by atomic mass is 32.1. The molecule has 0 aliphatic rings. The van der Waals surface area contributed by atoms with Gasteiger partial charge in [-0.15, -0.1) is 0 Å². The second-order valence-corrected chi connectivity index (χ2v) is 4.51. The van der Waals surface area contributed by atoms with Crippen molar-refractivity contribution in [1.82, 2.24) is 0 Å². The van der Waals surface area contributed by atoms with Crippen molar-refractivity contribution in [3.8, 4) is 0 Å². The fourth-order valence-corrected chi connectivity index (χ4v) is 1.32. The van der Waals surface area contributed by atoms with Crippen LogP contribution in [0.15, 0.2) is 0 Å². The van der Waals surface area contributed by atoms with Gasteiger partial charge in [0.05, 0.1) is 33.0 Å². The molecule has 0 saturated carbocycles. The number of thiol groups is 1. The van der Waals surface area contributed by atoms with E-state index in [1.165, 1.54) is 0 Å². The molecule has 2 N–H and O–H groups in total. The largest absolute Gasteiger partial charge is 0.462 e. The second kappa shape index (κ2) is 15.1. The zero-order valence-electron chi connectivity index (χ0n) is 12.2. The minimum atomic E-state index is -0.672. The van der Waals surface area contributed by atoms with Crippen molar-refractivity contribution in [1.29, 1.82) is 0 Å². The van der Waals surface area contributed by atoms with E-state index in [9.17, 15) is 4.79 Å². The molecule has 0 rings (SSSR count). The van der Waals surface area contributed by atoms with Gasteiger partial charge in [-0.2, -0.15) is 12.6 Å². The van der Waals surface area contributed by atoms with Crippen LogP contribution in [0.25, 0.3) is 0 Å². The summed E-state index contributed by atoms with van der Waals surface area (Å²) in [6.45, 7) is 5.59. The van der Waals surface area contributed by atoms with Crippen LogP contribution >= 0.6 is 12.6 Å². The average molecular weight is 309 g/mol. The van der Waals surface area contributed by atoms with Crippen molar-refractivity contribution in [3.05, 3.63) is 0 Å². The Morgan fingerprint density at radius 3 is 2.00 bits per heavy atom. The Hall–Kier alpha value is -0.340. The lowest BCUT2D eigenvalue weighted by Crippen LogP contribution is -2.34. The molecule has 0 spiro atoms. The summed E-state index contributed by atoms with van der Waals surface area (Å²) < 4.78 is 20.8. The molecular weight excluding hydrogens is 282 g/mol. The number of rotatable bonds is 14. The van der Waals surface area contributed by atoms with E-state index in [2.05, 4.69) is 19.6 Å². The van der Waals surface area contributed by atoms with Crippen LogP contribution in [-0.2, 0) is 23.7 Å². The molecule has 0 heterocycles. The summed E-state index contributed by atoms with van der Waals surface area (Å²) in [5.41, 5.74) is 5.43. The molecule has 6 nitrogen and oxygen atoms in total. The number of hydrogen-bond acceptors (Lipinski definition) is 7. The van der Waals surface area contributed by atoms with E-state index in [-0.39, 0.29) is 12.4 Å². The average Bonchev–Trinajstić information content (AvgIpc) is 2.47. The van der Waals surface area contributed by atoms with Crippen LogP contribution in [0.3, 0.4) is 0 Å². The van der Waals surface area contributed by atoms with Gasteiger partial charge in [-0.1, -0.05) is 13.3 Å². The highest BCUT2D eigenvalue weighted by molar-refractivity contribution is 7.80. The van der Waals surface area contributed by atoms with Gasteiger partial charge in [0.1, 0.15) is 12.6 Å². The molecule has 0 aromatic carbocycles. The molecule has 0 aliphatic carbocycles. The highest BCUT2D eigenvalue weighted by Crippen LogP contribution is 1.90. The van der Waals surface area contributed by atoms with Gasteiger partial charge in [-0.25, -0.2) is 0 Å². The lowest BCUT2D eigenvalue weighted by Gasteiger charge is -2.09. The normalized spacial score (nSPS) is 12.3. The first-order valence-corrected chi connectivity index (χ1v) is 7.62. The predicted molar refractivity (Wildman–Crippen MR) is 80.2 cm³/mol. The van der Waals surface area contributed by atoms with Crippen molar-refractivity contribution in [3.63, 3.8) is 0 Å². The Kier molecular flexibility index (Phi) is 14.8. The topological polar surface area (TPSA) is 80.0 Å². The molecule has 7 heteroatoms. The SMILES string of the molecule is CCCCOCCOCCOCCOC(=O)[C@H](N)CS. The Balaban J connectivity index is 3.11. The second-order valence-electron chi connectivity index (χ2n) is 4.15. The van der Waals surface area contributed by atoms with Gasteiger partial charge >= 0.3 is 5.97 Å². The summed E-state index contributed by atoms with van der Waals surface area (Å²) in [6.07, 6.45) is 2.22. The predicted octanol–water partition coefficient (Wildman–Crippen LogP) is 0.637. The molecule has 0 bridgehead atoms. The van der Waals surface area contributed by atoms with Gasteiger partial charge in [-0.3, -0.25) is 4.79 Å². The van der Waals surface area contributed by atoms with E-state index in [0.29, 0.717) is 33.0 Å². The minimum absolute atomic E-state index is 0.195. The molecule has 0 aliphatic heterocycles. The molecule has 0 aromatic heterocycles. The third-order valence-electron chi connectivity index (χ3n) is 2.36. The van der Waals surface area contributed by atoms with E-state index in [1.807, 2.05) is 0 Å². The smallest absolute Gasteiger partial charge is 0.323 e. The third-order valence-corrected chi connectivity index (χ3v) is 2.75. The number of nitrogens with two attached hydrogens (primary N) is 1. The highest BCUT2D eigenvalue weighted by Gasteiger charge is 2.11. The Bertz CT molecular complexity index is 231. The Morgan fingerprint density at radius 2 is 1.50 bits per heavy atom. The van der Waals surface area contributed by atoms with Gasteiger partial charge in [0.25, 0.3) is 0 Å². The van der Waals surface area contributed by atoms with Crippen molar-refractivity contribution in [2.45, 2.75) is 25.8 Å². The molecule has 0 aromatic rings. The number of unbranched alkanes of at least 4 members (excludes halogenated alkanes) is 1. The summed E-state index contributed by atoms with van der Waals surface area (Å²) in [5, 5.41) is 0. The van der Waals surface area contributed by atoms with E-state index in [1.54, 1.807) is 0 Å². The van der Waals surface area contributed by atoms with Crippen LogP contribution in [-0.4, -0.2) is 64.0 Å². The molecule has 0 amide bonds. The molecule has 0 radical (unpaired) electrons. The first kappa shape index (κ1) is 19.7. The van der Waals surface area contributed by atoms with Crippen molar-refractivity contribution >= 4 is 18.6 Å². The van der Waals surface area contributed by atoms with Crippen LogP contribution in [0.2, 0.25) is 0 Å². The number of carbonyl (C=O) groups is 1. The van der Waals surface area contributed by atoms with Gasteiger partial charge in [0, 0.05) is 12.4 Å². The lowest BCUT2D eigenvalue weighted by molar-refractivity contribution is -0.146. The number of carbonyl (C=O) groups excluding carboxylic acids is 1. The molecule has 1 atom stereocenters. The fourth-order valence-electron chi connectivity index (χ4n) is 1.17. The number of ether oxygens (including phenoxy) is 4. The molecule has 20 heavy (non-hydrogen) atoms. The maximum absolute atomic E-state index is 11.2. The zero-order valence-corrected chi connectivity index (χ0v) is 13.1. The summed E-state index contributed by atoms with van der Waals surface area (Å²) in [5.74, 6) is -0.183. The maximum atomic E-state index is 11.2. The van der Waals surface area contributed by atoms with Crippen LogP contribution in [0, 0.1) is 0 Å². The lowest BCUT2D eigenvalue weighted by atomic mass is 10.4. The molecule has 0 unspecified atom stereocenters. The summed E-state index contributed by atoms with van der Waals surface area (Å²) in [4.78, 5) is 11.2. The molecule has 0 saturated heterocycles. The van der Waals surface area contributed by atoms with E-state index >= 15 is 0 Å². The monoisotopic (exact) mass is 309 g/mol. The number of esters is 1. The fraction of sp³-hybridized carbons (Fsp3) is 0.923. The molecular formula is C13H27NO5S.